The monoisotopic (exact) mass is 287 g/mol. The fraction of sp³-hybridized carbons (Fsp3) is 1.00. The second-order valence-corrected chi connectivity index (χ2v) is 7.60. The average Bonchev–Trinajstić information content (AvgIpc) is 2.39. The van der Waals surface area contributed by atoms with Crippen LogP contribution in [0.15, 0.2) is 0 Å². The van der Waals surface area contributed by atoms with Crippen molar-refractivity contribution in [3.63, 3.8) is 0 Å². The van der Waals surface area contributed by atoms with Crippen molar-refractivity contribution < 1.29 is 9.53 Å². The third-order valence-corrected chi connectivity index (χ3v) is 4.55. The fourth-order valence-electron chi connectivity index (χ4n) is 2.22. The van der Waals surface area contributed by atoms with Gasteiger partial charge in [0, 0.05) is 13.2 Å². The molecule has 0 saturated carbocycles. The summed E-state index contributed by atoms with van der Waals surface area (Å²) in [5.41, 5.74) is 0. The minimum Gasteiger partial charge on any atom is -0.432 e. The Morgan fingerprint density at radius 2 is 1.21 bits per heavy atom. The first kappa shape index (κ1) is 19.1. The van der Waals surface area contributed by atoms with E-state index >= 15 is 0 Å². The van der Waals surface area contributed by atoms with Crippen molar-refractivity contribution in [2.75, 3.05) is 13.2 Å². The quantitative estimate of drug-likeness (QED) is 0.342. The zero-order chi connectivity index (χ0) is 14.2. The molecule has 0 unspecified atom stereocenters. The van der Waals surface area contributed by atoms with Gasteiger partial charge in [-0.25, -0.2) is 0 Å². The van der Waals surface area contributed by atoms with Crippen molar-refractivity contribution in [1.29, 1.82) is 0 Å². The molecule has 1 N–H and O–H groups in total. The number of rotatable bonds is 15. The van der Waals surface area contributed by atoms with Gasteiger partial charge in [-0.05, 0) is 25.4 Å². The lowest BCUT2D eigenvalue weighted by molar-refractivity contribution is 0.130. The molecule has 0 aliphatic rings. The van der Waals surface area contributed by atoms with E-state index in [1.807, 2.05) is 6.55 Å². The van der Waals surface area contributed by atoms with Crippen LogP contribution in [0.5, 0.6) is 0 Å². The Morgan fingerprint density at radius 1 is 0.737 bits per heavy atom. The molecule has 0 spiro atoms. The lowest BCUT2D eigenvalue weighted by Crippen LogP contribution is -2.06. The van der Waals surface area contributed by atoms with Gasteiger partial charge in [-0.15, -0.1) is 0 Å². The van der Waals surface area contributed by atoms with E-state index < -0.39 is 9.04 Å². The Morgan fingerprint density at radius 3 is 1.74 bits per heavy atom. The van der Waals surface area contributed by atoms with Crippen LogP contribution >= 0.6 is 0 Å². The average molecular weight is 288 g/mol. The van der Waals surface area contributed by atoms with Crippen LogP contribution in [0.3, 0.4) is 0 Å². The molecule has 0 saturated heterocycles. The number of hydrogen-bond donors (Lipinski definition) is 1. The van der Waals surface area contributed by atoms with E-state index in [1.54, 1.807) is 0 Å². The van der Waals surface area contributed by atoms with E-state index in [9.17, 15) is 4.80 Å². The van der Waals surface area contributed by atoms with Gasteiger partial charge in [-0.3, -0.25) is 0 Å². The highest BCUT2D eigenvalue weighted by atomic mass is 28.3. The van der Waals surface area contributed by atoms with Crippen molar-refractivity contribution in [3.05, 3.63) is 0 Å². The summed E-state index contributed by atoms with van der Waals surface area (Å²) < 4.78 is 5.56. The Balaban J connectivity index is 2.91. The molecule has 0 aromatic rings. The van der Waals surface area contributed by atoms with Crippen molar-refractivity contribution in [2.24, 2.45) is 0 Å². The van der Waals surface area contributed by atoms with Crippen LogP contribution in [-0.2, 0) is 4.74 Å². The normalized spacial score (nSPS) is 11.4. The van der Waals surface area contributed by atoms with Crippen LogP contribution in [0, 0.1) is 0 Å². The van der Waals surface area contributed by atoms with Crippen molar-refractivity contribution in [2.45, 2.75) is 90.1 Å². The highest BCUT2D eigenvalue weighted by Crippen LogP contribution is 2.10. The summed E-state index contributed by atoms with van der Waals surface area (Å²) in [6.45, 7) is 5.95. The highest BCUT2D eigenvalue weighted by molar-refractivity contribution is 6.48. The van der Waals surface area contributed by atoms with E-state index in [2.05, 4.69) is 6.92 Å². The zero-order valence-corrected chi connectivity index (χ0v) is 14.3. The highest BCUT2D eigenvalue weighted by Gasteiger charge is 1.98. The van der Waals surface area contributed by atoms with Gasteiger partial charge < -0.3 is 9.53 Å². The molecule has 0 heterocycles. The first-order valence-corrected chi connectivity index (χ1v) is 10.5. The molecule has 0 amide bonds. The van der Waals surface area contributed by atoms with Crippen molar-refractivity contribution in [1.82, 2.24) is 0 Å². The summed E-state index contributed by atoms with van der Waals surface area (Å²) in [5.74, 6) is 0. The first-order chi connectivity index (χ1) is 9.27. The van der Waals surface area contributed by atoms with Gasteiger partial charge in [-0.1, -0.05) is 64.7 Å². The molecule has 1 radical (unpaired) electrons. The Labute approximate surface area is 122 Å². The van der Waals surface area contributed by atoms with E-state index in [0.29, 0.717) is 0 Å². The second kappa shape index (κ2) is 16.2. The lowest BCUT2D eigenvalue weighted by Gasteiger charge is -2.05. The van der Waals surface area contributed by atoms with Gasteiger partial charge in [0.1, 0.15) is 0 Å². The van der Waals surface area contributed by atoms with Crippen LogP contribution < -0.4 is 0 Å². The molecule has 0 aliphatic carbocycles. The smallest absolute Gasteiger partial charge is 0.203 e. The predicted octanol–water partition coefficient (Wildman–Crippen LogP) is 4.93. The maximum absolute atomic E-state index is 9.19. The lowest BCUT2D eigenvalue weighted by atomic mass is 10.1. The van der Waals surface area contributed by atoms with Gasteiger partial charge >= 0.3 is 0 Å². The van der Waals surface area contributed by atoms with Gasteiger partial charge in [-0.2, -0.15) is 0 Å². The SMILES string of the molecule is CCCCCCCCCCCCOCCC[Si](C)O. The van der Waals surface area contributed by atoms with Gasteiger partial charge in [0.2, 0.25) is 9.04 Å². The van der Waals surface area contributed by atoms with E-state index in [0.717, 1.165) is 25.7 Å². The largest absolute Gasteiger partial charge is 0.432 e. The van der Waals surface area contributed by atoms with E-state index in [-0.39, 0.29) is 0 Å². The third kappa shape index (κ3) is 18.1. The molecule has 0 aromatic carbocycles. The molecule has 19 heavy (non-hydrogen) atoms. The Bertz CT molecular complexity index is 163. The molecule has 0 bridgehead atoms. The Hall–Kier alpha value is 0.137. The maximum Gasteiger partial charge on any atom is 0.203 e. The van der Waals surface area contributed by atoms with Crippen LogP contribution in [0.4, 0.5) is 0 Å². The molecular formula is C16H35O2Si. The summed E-state index contributed by atoms with van der Waals surface area (Å²) >= 11 is 0. The molecule has 0 aliphatic heterocycles. The van der Waals surface area contributed by atoms with E-state index in [1.165, 1.54) is 64.2 Å². The number of hydrogen-bond acceptors (Lipinski definition) is 2. The summed E-state index contributed by atoms with van der Waals surface area (Å²) in [4.78, 5) is 9.19. The molecule has 0 fully saturated rings. The molecule has 0 atom stereocenters. The van der Waals surface area contributed by atoms with Gasteiger partial charge in [0.05, 0.1) is 0 Å². The molecule has 115 valence electrons. The topological polar surface area (TPSA) is 29.5 Å². The third-order valence-electron chi connectivity index (χ3n) is 3.47. The Kier molecular flexibility index (Phi) is 16.3. The number of unbranched alkanes of at least 4 members (excludes halogenated alkanes) is 9. The zero-order valence-electron chi connectivity index (χ0n) is 13.3. The fourth-order valence-corrected chi connectivity index (χ4v) is 2.88. The summed E-state index contributed by atoms with van der Waals surface area (Å²) in [6, 6.07) is 0.961. The van der Waals surface area contributed by atoms with Crippen LogP contribution in [0.2, 0.25) is 12.6 Å². The molecule has 0 rings (SSSR count). The second-order valence-electron chi connectivity index (χ2n) is 5.63. The first-order valence-electron chi connectivity index (χ1n) is 8.36. The predicted molar refractivity (Wildman–Crippen MR) is 85.9 cm³/mol. The van der Waals surface area contributed by atoms with Gasteiger partial charge in [0.25, 0.3) is 0 Å². The minimum atomic E-state index is -1.03. The van der Waals surface area contributed by atoms with Crippen molar-refractivity contribution >= 4 is 9.04 Å². The van der Waals surface area contributed by atoms with Gasteiger partial charge in [0.15, 0.2) is 0 Å². The molecule has 2 nitrogen and oxygen atoms in total. The van der Waals surface area contributed by atoms with Crippen molar-refractivity contribution in [3.8, 4) is 0 Å². The number of ether oxygens (including phenoxy) is 1. The summed E-state index contributed by atoms with van der Waals surface area (Å²) in [5, 5.41) is 0. The van der Waals surface area contributed by atoms with Crippen LogP contribution in [0.25, 0.3) is 0 Å². The standard InChI is InChI=1S/C16H35O2Si/c1-3-4-5-6-7-8-9-10-11-12-14-18-15-13-16-19(2)17/h17H,3-16H2,1-2H3. The molecule has 3 heteroatoms. The van der Waals surface area contributed by atoms with E-state index in [4.69, 9.17) is 4.74 Å². The van der Waals surface area contributed by atoms with Crippen LogP contribution in [-0.4, -0.2) is 27.0 Å². The maximum atomic E-state index is 9.19. The molecular weight excluding hydrogens is 252 g/mol. The summed E-state index contributed by atoms with van der Waals surface area (Å²) in [6.07, 6.45) is 14.8. The minimum absolute atomic E-state index is 0.833. The molecule has 0 aromatic heterocycles. The summed E-state index contributed by atoms with van der Waals surface area (Å²) in [7, 11) is -1.03. The van der Waals surface area contributed by atoms with Crippen LogP contribution in [0.1, 0.15) is 77.6 Å².